The second kappa shape index (κ2) is 8.17. The van der Waals surface area contributed by atoms with Crippen molar-refractivity contribution in [2.75, 3.05) is 29.9 Å². The minimum atomic E-state index is -0.0489. The molecule has 1 N–H and O–H groups in total. The van der Waals surface area contributed by atoms with Crippen molar-refractivity contribution >= 4 is 34.3 Å². The van der Waals surface area contributed by atoms with E-state index in [0.717, 1.165) is 47.5 Å². The van der Waals surface area contributed by atoms with Crippen LogP contribution in [0.2, 0.25) is 0 Å². The molecule has 2 aromatic carbocycles. The topological polar surface area (TPSA) is 45.2 Å². The molecule has 1 aliphatic heterocycles. The Kier molecular flexibility index (Phi) is 5.25. The first-order chi connectivity index (χ1) is 14.3. The summed E-state index contributed by atoms with van der Waals surface area (Å²) in [5.74, 6) is 2.82. The van der Waals surface area contributed by atoms with Gasteiger partial charge in [0, 0.05) is 53.8 Å². The molecule has 2 aliphatic rings. The van der Waals surface area contributed by atoms with Crippen LogP contribution in [0.5, 0.6) is 0 Å². The predicted octanol–water partition coefficient (Wildman–Crippen LogP) is 4.91. The fourth-order valence-corrected chi connectivity index (χ4v) is 4.92. The van der Waals surface area contributed by atoms with Crippen LogP contribution in [0.4, 0.5) is 5.69 Å². The van der Waals surface area contributed by atoms with Crippen LogP contribution in [-0.4, -0.2) is 40.4 Å². The van der Waals surface area contributed by atoms with Crippen LogP contribution in [0.3, 0.4) is 0 Å². The number of anilines is 1. The van der Waals surface area contributed by atoms with E-state index >= 15 is 0 Å². The van der Waals surface area contributed by atoms with Gasteiger partial charge in [0.25, 0.3) is 5.91 Å². The van der Waals surface area contributed by atoms with E-state index in [2.05, 4.69) is 22.3 Å². The fourth-order valence-electron chi connectivity index (χ4n) is 3.94. The zero-order valence-electron chi connectivity index (χ0n) is 16.4. The maximum absolute atomic E-state index is 13.3. The minimum absolute atomic E-state index is 0.0489. The zero-order valence-corrected chi connectivity index (χ0v) is 17.3. The first kappa shape index (κ1) is 18.6. The van der Waals surface area contributed by atoms with Crippen LogP contribution in [0.15, 0.2) is 54.6 Å². The molecule has 0 bridgehead atoms. The number of aromatic nitrogens is 1. The second-order valence-electron chi connectivity index (χ2n) is 7.89. The van der Waals surface area contributed by atoms with E-state index < -0.39 is 0 Å². The number of amides is 1. The third-order valence-corrected chi connectivity index (χ3v) is 6.68. The highest BCUT2D eigenvalue weighted by Gasteiger charge is 2.27. The van der Waals surface area contributed by atoms with Crippen LogP contribution in [0.25, 0.3) is 10.9 Å². The number of nitrogens with one attached hydrogen (secondary N) is 1. The molecule has 1 amide bonds. The Hall–Kier alpha value is -2.37. The van der Waals surface area contributed by atoms with Gasteiger partial charge >= 0.3 is 0 Å². The molecule has 0 radical (unpaired) electrons. The van der Waals surface area contributed by atoms with Gasteiger partial charge in [-0.25, -0.2) is 0 Å². The summed E-state index contributed by atoms with van der Waals surface area (Å²) in [5.41, 5.74) is 4.76. The lowest BCUT2D eigenvalue weighted by Crippen LogP contribution is -2.32. The standard InChI is InChI=1S/C24H25N3OS/c28-24(20-15-23(17-9-10-17)25-22-8-4-2-6-19(20)22)26-21-7-3-1-5-18(21)16-27-11-13-29-14-12-27/h1-8,15,17H,9-14,16H2,(H,26,28). The number of rotatable bonds is 5. The third kappa shape index (κ3) is 4.16. The maximum Gasteiger partial charge on any atom is 0.256 e. The summed E-state index contributed by atoms with van der Waals surface area (Å²) in [7, 11) is 0. The van der Waals surface area contributed by atoms with Gasteiger partial charge in [-0.05, 0) is 36.6 Å². The van der Waals surface area contributed by atoms with Crippen LogP contribution in [0, 0.1) is 0 Å². The lowest BCUT2D eigenvalue weighted by atomic mass is 10.0. The lowest BCUT2D eigenvalue weighted by Gasteiger charge is -2.27. The number of carbonyl (C=O) groups is 1. The van der Waals surface area contributed by atoms with Gasteiger partial charge in [-0.3, -0.25) is 14.7 Å². The second-order valence-corrected chi connectivity index (χ2v) is 9.11. The Morgan fingerprint density at radius 3 is 2.66 bits per heavy atom. The van der Waals surface area contributed by atoms with E-state index in [1.165, 1.54) is 29.9 Å². The lowest BCUT2D eigenvalue weighted by molar-refractivity contribution is 0.102. The van der Waals surface area contributed by atoms with Crippen molar-refractivity contribution in [2.45, 2.75) is 25.3 Å². The average Bonchev–Trinajstić information content (AvgIpc) is 3.60. The number of pyridine rings is 1. The number of hydrogen-bond donors (Lipinski definition) is 1. The van der Waals surface area contributed by atoms with E-state index in [4.69, 9.17) is 4.98 Å². The van der Waals surface area contributed by atoms with Gasteiger partial charge in [0.1, 0.15) is 0 Å². The van der Waals surface area contributed by atoms with Crippen molar-refractivity contribution in [1.82, 2.24) is 9.88 Å². The normalized spacial score (nSPS) is 17.4. The molecule has 3 aromatic rings. The molecule has 0 unspecified atom stereocenters. The molecule has 148 valence electrons. The number of hydrogen-bond acceptors (Lipinski definition) is 4. The molecule has 0 spiro atoms. The summed E-state index contributed by atoms with van der Waals surface area (Å²) in [4.78, 5) is 20.6. The van der Waals surface area contributed by atoms with E-state index in [0.29, 0.717) is 5.92 Å². The maximum atomic E-state index is 13.3. The molecule has 1 saturated carbocycles. The van der Waals surface area contributed by atoms with Crippen molar-refractivity contribution in [3.8, 4) is 0 Å². The van der Waals surface area contributed by atoms with Gasteiger partial charge in [0.15, 0.2) is 0 Å². The fraction of sp³-hybridized carbons (Fsp3) is 0.333. The molecular formula is C24H25N3OS. The van der Waals surface area contributed by atoms with E-state index in [9.17, 15) is 4.79 Å². The largest absolute Gasteiger partial charge is 0.322 e. The molecule has 0 atom stereocenters. The predicted molar refractivity (Wildman–Crippen MR) is 121 cm³/mol. The quantitative estimate of drug-likeness (QED) is 0.657. The molecular weight excluding hydrogens is 378 g/mol. The molecule has 5 heteroatoms. The summed E-state index contributed by atoms with van der Waals surface area (Å²) in [5, 5.41) is 4.11. The summed E-state index contributed by atoms with van der Waals surface area (Å²) < 4.78 is 0. The number of fused-ring (bicyclic) bond motifs is 1. The van der Waals surface area contributed by atoms with Gasteiger partial charge in [-0.1, -0.05) is 36.4 Å². The smallest absolute Gasteiger partial charge is 0.256 e. The molecule has 4 nitrogen and oxygen atoms in total. The number of benzene rings is 2. The monoisotopic (exact) mass is 403 g/mol. The number of thioether (sulfide) groups is 1. The highest BCUT2D eigenvalue weighted by Crippen LogP contribution is 2.40. The van der Waals surface area contributed by atoms with Gasteiger partial charge in [-0.2, -0.15) is 11.8 Å². The van der Waals surface area contributed by atoms with Crippen molar-refractivity contribution < 1.29 is 4.79 Å². The molecule has 2 heterocycles. The molecule has 2 fully saturated rings. The van der Waals surface area contributed by atoms with Crippen molar-refractivity contribution in [3.05, 3.63) is 71.4 Å². The highest BCUT2D eigenvalue weighted by atomic mass is 32.2. The van der Waals surface area contributed by atoms with Gasteiger partial charge < -0.3 is 5.32 Å². The Bertz CT molecular complexity index is 1040. The van der Waals surface area contributed by atoms with Crippen molar-refractivity contribution in [1.29, 1.82) is 0 Å². The molecule has 29 heavy (non-hydrogen) atoms. The van der Waals surface area contributed by atoms with Crippen molar-refractivity contribution in [2.24, 2.45) is 0 Å². The van der Waals surface area contributed by atoms with E-state index in [1.54, 1.807) is 0 Å². The van der Waals surface area contributed by atoms with E-state index in [1.807, 2.05) is 54.2 Å². The van der Waals surface area contributed by atoms with Crippen molar-refractivity contribution in [3.63, 3.8) is 0 Å². The molecule has 1 saturated heterocycles. The van der Waals surface area contributed by atoms with E-state index in [-0.39, 0.29) is 5.91 Å². The molecule has 5 rings (SSSR count). The summed E-state index contributed by atoms with van der Waals surface area (Å²) in [6.45, 7) is 3.08. The van der Waals surface area contributed by atoms with Crippen LogP contribution in [0.1, 0.15) is 40.4 Å². The summed E-state index contributed by atoms with van der Waals surface area (Å²) in [6.07, 6.45) is 2.34. The number of nitrogens with zero attached hydrogens (tertiary/aromatic N) is 2. The van der Waals surface area contributed by atoms with Gasteiger partial charge in [0.2, 0.25) is 0 Å². The summed E-state index contributed by atoms with van der Waals surface area (Å²) in [6, 6.07) is 18.1. The Morgan fingerprint density at radius 2 is 1.83 bits per heavy atom. The molecule has 1 aromatic heterocycles. The van der Waals surface area contributed by atoms with Crippen LogP contribution < -0.4 is 5.32 Å². The highest BCUT2D eigenvalue weighted by molar-refractivity contribution is 7.99. The first-order valence-electron chi connectivity index (χ1n) is 10.4. The minimum Gasteiger partial charge on any atom is -0.322 e. The third-order valence-electron chi connectivity index (χ3n) is 5.74. The number of carbonyl (C=O) groups excluding carboxylic acids is 1. The summed E-state index contributed by atoms with van der Waals surface area (Å²) >= 11 is 2.01. The molecule has 1 aliphatic carbocycles. The Labute approximate surface area is 175 Å². The van der Waals surface area contributed by atoms with Crippen LogP contribution in [-0.2, 0) is 6.54 Å². The van der Waals surface area contributed by atoms with Gasteiger partial charge in [0.05, 0.1) is 11.1 Å². The average molecular weight is 404 g/mol. The van der Waals surface area contributed by atoms with Gasteiger partial charge in [-0.15, -0.1) is 0 Å². The zero-order chi connectivity index (χ0) is 19.6. The number of para-hydroxylation sites is 2. The Morgan fingerprint density at radius 1 is 1.07 bits per heavy atom. The first-order valence-corrected chi connectivity index (χ1v) is 11.5. The SMILES string of the molecule is O=C(Nc1ccccc1CN1CCSCC1)c1cc(C2CC2)nc2ccccc12. The van der Waals surface area contributed by atoms with Crippen LogP contribution >= 0.6 is 11.8 Å². The Balaban J connectivity index is 1.44.